The fourth-order valence-electron chi connectivity index (χ4n) is 1.06. The molecule has 0 bridgehead atoms. The lowest BCUT2D eigenvalue weighted by Crippen LogP contribution is -2.51. The van der Waals surface area contributed by atoms with Crippen molar-refractivity contribution in [3.8, 4) is 0 Å². The standard InChI is InChI=1S/C9H18N2O2/c1-5-10-8(13)7(11-6-12)9(2,3)4/h6-7H,5H2,1-4H3,(H,10,13)(H,11,12). The maximum atomic E-state index is 11.4. The molecule has 2 amide bonds. The number of likely N-dealkylation sites (N-methyl/N-ethyl adjacent to an activating group) is 1. The first-order valence-electron chi connectivity index (χ1n) is 4.41. The summed E-state index contributed by atoms with van der Waals surface area (Å²) in [6, 6.07) is -0.468. The molecule has 4 nitrogen and oxygen atoms in total. The van der Waals surface area contributed by atoms with Crippen LogP contribution in [0, 0.1) is 5.41 Å². The van der Waals surface area contributed by atoms with Gasteiger partial charge in [0.25, 0.3) is 0 Å². The predicted molar refractivity (Wildman–Crippen MR) is 51.1 cm³/mol. The molecule has 0 fully saturated rings. The lowest BCUT2D eigenvalue weighted by molar-refractivity contribution is -0.127. The van der Waals surface area contributed by atoms with E-state index in [0.29, 0.717) is 13.0 Å². The monoisotopic (exact) mass is 186 g/mol. The highest BCUT2D eigenvalue weighted by Crippen LogP contribution is 2.18. The molecule has 0 saturated heterocycles. The first-order valence-corrected chi connectivity index (χ1v) is 4.41. The Kier molecular flexibility index (Phi) is 4.45. The molecule has 0 rings (SSSR count). The number of hydrogen-bond acceptors (Lipinski definition) is 2. The number of rotatable bonds is 4. The molecule has 0 aromatic carbocycles. The van der Waals surface area contributed by atoms with Crippen LogP contribution in [0.3, 0.4) is 0 Å². The Labute approximate surface area is 79.1 Å². The molecule has 1 unspecified atom stereocenters. The van der Waals surface area contributed by atoms with E-state index in [1.54, 1.807) is 0 Å². The molecule has 76 valence electrons. The molecular formula is C9H18N2O2. The highest BCUT2D eigenvalue weighted by atomic mass is 16.2. The third kappa shape index (κ3) is 3.92. The van der Waals surface area contributed by atoms with Crippen molar-refractivity contribution in [2.45, 2.75) is 33.7 Å². The van der Waals surface area contributed by atoms with Gasteiger partial charge in [-0.3, -0.25) is 9.59 Å². The van der Waals surface area contributed by atoms with Crippen molar-refractivity contribution in [2.24, 2.45) is 5.41 Å². The summed E-state index contributed by atoms with van der Waals surface area (Å²) in [6.07, 6.45) is 0.561. The van der Waals surface area contributed by atoms with E-state index in [9.17, 15) is 9.59 Å². The van der Waals surface area contributed by atoms with E-state index in [1.165, 1.54) is 0 Å². The Bertz CT molecular complexity index is 185. The van der Waals surface area contributed by atoms with Crippen LogP contribution in [0.4, 0.5) is 0 Å². The van der Waals surface area contributed by atoms with Gasteiger partial charge in [-0.05, 0) is 12.3 Å². The number of carbonyl (C=O) groups excluding carboxylic acids is 2. The van der Waals surface area contributed by atoms with Crippen molar-refractivity contribution in [1.82, 2.24) is 10.6 Å². The molecule has 0 aromatic heterocycles. The molecular weight excluding hydrogens is 168 g/mol. The van der Waals surface area contributed by atoms with E-state index in [1.807, 2.05) is 27.7 Å². The maximum Gasteiger partial charge on any atom is 0.243 e. The van der Waals surface area contributed by atoms with Gasteiger partial charge in [0.1, 0.15) is 6.04 Å². The number of amides is 2. The second-order valence-corrected chi connectivity index (χ2v) is 3.98. The summed E-state index contributed by atoms with van der Waals surface area (Å²) in [6.45, 7) is 8.14. The van der Waals surface area contributed by atoms with Gasteiger partial charge in [-0.2, -0.15) is 0 Å². The van der Waals surface area contributed by atoms with Crippen LogP contribution < -0.4 is 10.6 Å². The molecule has 1 atom stereocenters. The minimum atomic E-state index is -0.468. The Morgan fingerprint density at radius 2 is 2.00 bits per heavy atom. The van der Waals surface area contributed by atoms with E-state index in [4.69, 9.17) is 0 Å². The second-order valence-electron chi connectivity index (χ2n) is 3.98. The molecule has 0 saturated carbocycles. The van der Waals surface area contributed by atoms with Crippen LogP contribution in [0.15, 0.2) is 0 Å². The fourth-order valence-corrected chi connectivity index (χ4v) is 1.06. The number of carbonyl (C=O) groups is 2. The quantitative estimate of drug-likeness (QED) is 0.620. The first kappa shape index (κ1) is 11.9. The van der Waals surface area contributed by atoms with E-state index in [-0.39, 0.29) is 11.3 Å². The third-order valence-electron chi connectivity index (χ3n) is 1.71. The zero-order valence-corrected chi connectivity index (χ0v) is 8.68. The van der Waals surface area contributed by atoms with E-state index >= 15 is 0 Å². The molecule has 0 radical (unpaired) electrons. The summed E-state index contributed by atoms with van der Waals surface area (Å²) in [5, 5.41) is 5.19. The van der Waals surface area contributed by atoms with Gasteiger partial charge in [0.05, 0.1) is 0 Å². The lowest BCUT2D eigenvalue weighted by atomic mass is 9.86. The van der Waals surface area contributed by atoms with Crippen LogP contribution in [0.5, 0.6) is 0 Å². The summed E-state index contributed by atoms with van der Waals surface area (Å²) >= 11 is 0. The second kappa shape index (κ2) is 4.84. The van der Waals surface area contributed by atoms with Gasteiger partial charge in [0, 0.05) is 6.54 Å². The SMILES string of the molecule is CCNC(=O)C(NC=O)C(C)(C)C. The van der Waals surface area contributed by atoms with Crippen molar-refractivity contribution in [3.63, 3.8) is 0 Å². The molecule has 2 N–H and O–H groups in total. The van der Waals surface area contributed by atoms with Crippen LogP contribution in [-0.4, -0.2) is 24.9 Å². The van der Waals surface area contributed by atoms with E-state index in [0.717, 1.165) is 0 Å². The summed E-state index contributed by atoms with van der Waals surface area (Å²) in [5.74, 6) is -0.137. The largest absolute Gasteiger partial charge is 0.355 e. The van der Waals surface area contributed by atoms with Crippen LogP contribution in [0.1, 0.15) is 27.7 Å². The first-order chi connectivity index (χ1) is 5.93. The summed E-state index contributed by atoms with van der Waals surface area (Å²) < 4.78 is 0. The van der Waals surface area contributed by atoms with Crippen LogP contribution in [0.25, 0.3) is 0 Å². The average molecular weight is 186 g/mol. The van der Waals surface area contributed by atoms with Gasteiger partial charge in [-0.25, -0.2) is 0 Å². The molecule has 0 aliphatic rings. The molecule has 13 heavy (non-hydrogen) atoms. The predicted octanol–water partition coefficient (Wildman–Crippen LogP) is 0.283. The fraction of sp³-hybridized carbons (Fsp3) is 0.778. The zero-order valence-electron chi connectivity index (χ0n) is 8.68. The lowest BCUT2D eigenvalue weighted by Gasteiger charge is -2.28. The highest BCUT2D eigenvalue weighted by Gasteiger charge is 2.30. The average Bonchev–Trinajstić information content (AvgIpc) is 1.98. The Morgan fingerprint density at radius 3 is 2.31 bits per heavy atom. The summed E-state index contributed by atoms with van der Waals surface area (Å²) in [5.41, 5.74) is -0.264. The van der Waals surface area contributed by atoms with Gasteiger partial charge in [0.2, 0.25) is 12.3 Å². The molecule has 4 heteroatoms. The topological polar surface area (TPSA) is 58.2 Å². The number of hydrogen-bond donors (Lipinski definition) is 2. The molecule has 0 heterocycles. The summed E-state index contributed by atoms with van der Waals surface area (Å²) in [4.78, 5) is 21.7. The van der Waals surface area contributed by atoms with Gasteiger partial charge in [-0.1, -0.05) is 20.8 Å². The normalized spacial score (nSPS) is 13.2. The van der Waals surface area contributed by atoms with Crippen LogP contribution >= 0.6 is 0 Å². The Morgan fingerprint density at radius 1 is 1.46 bits per heavy atom. The van der Waals surface area contributed by atoms with Crippen molar-refractivity contribution in [3.05, 3.63) is 0 Å². The Hall–Kier alpha value is -1.06. The van der Waals surface area contributed by atoms with Crippen molar-refractivity contribution >= 4 is 12.3 Å². The van der Waals surface area contributed by atoms with E-state index in [2.05, 4.69) is 10.6 Å². The zero-order chi connectivity index (χ0) is 10.5. The molecule has 0 aliphatic heterocycles. The van der Waals surface area contributed by atoms with Crippen LogP contribution in [-0.2, 0) is 9.59 Å². The van der Waals surface area contributed by atoms with Gasteiger partial charge in [0.15, 0.2) is 0 Å². The van der Waals surface area contributed by atoms with Gasteiger partial charge < -0.3 is 10.6 Å². The minimum Gasteiger partial charge on any atom is -0.355 e. The van der Waals surface area contributed by atoms with Crippen molar-refractivity contribution in [2.75, 3.05) is 6.54 Å². The molecule has 0 spiro atoms. The smallest absolute Gasteiger partial charge is 0.243 e. The third-order valence-corrected chi connectivity index (χ3v) is 1.71. The molecule has 0 aromatic rings. The number of nitrogens with one attached hydrogen (secondary N) is 2. The highest BCUT2D eigenvalue weighted by molar-refractivity contribution is 5.84. The maximum absolute atomic E-state index is 11.4. The summed E-state index contributed by atoms with van der Waals surface area (Å²) in [7, 11) is 0. The van der Waals surface area contributed by atoms with Gasteiger partial charge >= 0.3 is 0 Å². The van der Waals surface area contributed by atoms with Gasteiger partial charge in [-0.15, -0.1) is 0 Å². The van der Waals surface area contributed by atoms with Crippen LogP contribution in [0.2, 0.25) is 0 Å². The minimum absolute atomic E-state index is 0.137. The van der Waals surface area contributed by atoms with Crippen molar-refractivity contribution < 1.29 is 9.59 Å². The molecule has 0 aliphatic carbocycles. The Balaban J connectivity index is 4.41. The van der Waals surface area contributed by atoms with Crippen molar-refractivity contribution in [1.29, 1.82) is 0 Å². The van der Waals surface area contributed by atoms with E-state index < -0.39 is 6.04 Å².